The molecule has 3 heterocycles. The average Bonchev–Trinajstić information content (AvgIpc) is 3.39. The van der Waals surface area contributed by atoms with E-state index in [0.29, 0.717) is 10.3 Å². The first-order valence-electron chi connectivity index (χ1n) is 13.4. The number of Topliss-reactive ketones (excluding diaryl/α,β-unsaturated/α-hetero) is 1. The maximum Gasteiger partial charge on any atom is 0.326 e. The summed E-state index contributed by atoms with van der Waals surface area (Å²) in [7, 11) is 1.82. The fourth-order valence-corrected chi connectivity index (χ4v) is 6.71. The molecular formula is C30H29BrN6O3. The van der Waals surface area contributed by atoms with Crippen molar-refractivity contribution in [3.8, 4) is 17.1 Å². The van der Waals surface area contributed by atoms with Crippen molar-refractivity contribution in [2.24, 2.45) is 5.41 Å². The quantitative estimate of drug-likeness (QED) is 0.251. The molecule has 1 spiro atoms. The van der Waals surface area contributed by atoms with Gasteiger partial charge in [-0.1, -0.05) is 31.4 Å². The molecule has 4 aromatic rings. The molecule has 3 aromatic heterocycles. The highest BCUT2D eigenvalue weighted by molar-refractivity contribution is 9.12. The fourth-order valence-electron chi connectivity index (χ4n) is 5.83. The molecule has 1 fully saturated rings. The summed E-state index contributed by atoms with van der Waals surface area (Å²) >= 11 is 3.40. The summed E-state index contributed by atoms with van der Waals surface area (Å²) in [6, 6.07) is 14.5. The van der Waals surface area contributed by atoms with Crippen LogP contribution in [0.25, 0.3) is 28.2 Å². The van der Waals surface area contributed by atoms with Crippen LogP contribution in [0.1, 0.15) is 37.7 Å². The van der Waals surface area contributed by atoms with Gasteiger partial charge in [-0.05, 0) is 70.7 Å². The number of carboxylic acids is 1. The number of hydrogen-bond donors (Lipinski definition) is 3. The predicted octanol–water partition coefficient (Wildman–Crippen LogP) is 5.25. The largest absolute Gasteiger partial charge is 0.480 e. The molecule has 2 aliphatic rings. The van der Waals surface area contributed by atoms with Crippen LogP contribution in [0.4, 0.5) is 5.82 Å². The second-order valence-electron chi connectivity index (χ2n) is 10.4. The topological polar surface area (TPSA) is 122 Å². The second kappa shape index (κ2) is 10.5. The van der Waals surface area contributed by atoms with Gasteiger partial charge in [0.05, 0.1) is 9.90 Å². The molecule has 40 heavy (non-hydrogen) atoms. The SMILES string of the molecule is CNc1ccc(-c2nc3cccnc3n2-c2ccc(C[C@H](NC3=C(Br)C(=O)C34CCCCC4)C(=O)O)cc2)cn1. The minimum atomic E-state index is -0.952. The highest BCUT2D eigenvalue weighted by Gasteiger charge is 2.53. The van der Waals surface area contributed by atoms with Crippen molar-refractivity contribution in [1.82, 2.24) is 24.8 Å². The molecule has 1 saturated carbocycles. The maximum atomic E-state index is 12.8. The summed E-state index contributed by atoms with van der Waals surface area (Å²) in [4.78, 5) is 38.9. The van der Waals surface area contributed by atoms with E-state index in [1.54, 1.807) is 12.4 Å². The molecule has 1 atom stereocenters. The van der Waals surface area contributed by atoms with Gasteiger partial charge < -0.3 is 15.7 Å². The normalized spacial score (nSPS) is 17.1. The van der Waals surface area contributed by atoms with Crippen LogP contribution in [0.5, 0.6) is 0 Å². The van der Waals surface area contributed by atoms with Crippen molar-refractivity contribution < 1.29 is 14.7 Å². The van der Waals surface area contributed by atoms with Gasteiger partial charge in [0.2, 0.25) is 0 Å². The number of aromatic nitrogens is 4. The molecular weight excluding hydrogens is 572 g/mol. The Labute approximate surface area is 239 Å². The molecule has 6 rings (SSSR count). The summed E-state index contributed by atoms with van der Waals surface area (Å²) in [5, 5.41) is 16.3. The Balaban J connectivity index is 1.28. The van der Waals surface area contributed by atoms with Crippen LogP contribution in [-0.2, 0) is 16.0 Å². The molecule has 9 nitrogen and oxygen atoms in total. The smallest absolute Gasteiger partial charge is 0.326 e. The van der Waals surface area contributed by atoms with Crippen LogP contribution in [0.3, 0.4) is 0 Å². The Hall–Kier alpha value is -4.05. The lowest BCUT2D eigenvalue weighted by Gasteiger charge is -2.46. The highest BCUT2D eigenvalue weighted by Crippen LogP contribution is 2.53. The van der Waals surface area contributed by atoms with Gasteiger partial charge in [-0.3, -0.25) is 9.36 Å². The summed E-state index contributed by atoms with van der Waals surface area (Å²) < 4.78 is 2.47. The van der Waals surface area contributed by atoms with Crippen molar-refractivity contribution in [2.45, 2.75) is 44.6 Å². The van der Waals surface area contributed by atoms with Gasteiger partial charge in [-0.2, -0.15) is 0 Å². The summed E-state index contributed by atoms with van der Waals surface area (Å²) in [6.45, 7) is 0. The molecule has 10 heteroatoms. The molecule has 3 N–H and O–H groups in total. The molecule has 0 radical (unpaired) electrons. The van der Waals surface area contributed by atoms with Crippen LogP contribution >= 0.6 is 15.9 Å². The van der Waals surface area contributed by atoms with Crippen LogP contribution in [0.2, 0.25) is 0 Å². The third kappa shape index (κ3) is 4.46. The standard InChI is InChI=1S/C30H29BrN6O3/c1-32-23-12-9-19(17-34-23)27-36-21-6-5-15-33-28(21)37(27)20-10-7-18(8-11-20)16-22(29(39)40)35-25-24(31)26(38)30(25)13-3-2-4-14-30/h5-12,15,17,22,35H,2-4,13-14,16H2,1H3,(H,32,34)(H,39,40)/t22-/m0/s1. The molecule has 0 unspecified atom stereocenters. The number of allylic oxidation sites excluding steroid dienone is 2. The number of fused-ring (bicyclic) bond motifs is 1. The summed E-state index contributed by atoms with van der Waals surface area (Å²) in [5.74, 6) is 0.618. The van der Waals surface area contributed by atoms with Crippen LogP contribution in [-0.4, -0.2) is 49.5 Å². The molecule has 2 aliphatic carbocycles. The average molecular weight is 602 g/mol. The lowest BCUT2D eigenvalue weighted by molar-refractivity contribution is -0.140. The highest BCUT2D eigenvalue weighted by atomic mass is 79.9. The number of halogens is 1. The van der Waals surface area contributed by atoms with E-state index in [-0.39, 0.29) is 12.2 Å². The van der Waals surface area contributed by atoms with E-state index in [1.807, 2.05) is 60.1 Å². The zero-order valence-electron chi connectivity index (χ0n) is 22.0. The fraction of sp³-hybridized carbons (Fsp3) is 0.300. The van der Waals surface area contributed by atoms with Crippen molar-refractivity contribution >= 4 is 44.7 Å². The Morgan fingerprint density at radius 1 is 1.10 bits per heavy atom. The van der Waals surface area contributed by atoms with Gasteiger partial charge in [0.25, 0.3) is 0 Å². The van der Waals surface area contributed by atoms with E-state index >= 15 is 0 Å². The number of rotatable bonds is 8. The lowest BCUT2D eigenvalue weighted by atomic mass is 9.62. The second-order valence-corrected chi connectivity index (χ2v) is 11.2. The number of carbonyl (C=O) groups is 2. The Bertz CT molecular complexity index is 1620. The number of nitrogens with zero attached hydrogens (tertiary/aromatic N) is 4. The number of carboxylic acid groups (broad SMARTS) is 1. The monoisotopic (exact) mass is 600 g/mol. The maximum absolute atomic E-state index is 12.8. The van der Waals surface area contributed by atoms with Gasteiger partial charge in [0, 0.05) is 42.8 Å². The van der Waals surface area contributed by atoms with E-state index in [4.69, 9.17) is 4.98 Å². The lowest BCUT2D eigenvalue weighted by Crippen LogP contribution is -2.53. The molecule has 0 amide bonds. The molecule has 0 saturated heterocycles. The third-order valence-electron chi connectivity index (χ3n) is 7.98. The number of benzene rings is 1. The van der Waals surface area contributed by atoms with E-state index in [0.717, 1.165) is 71.6 Å². The Kier molecular flexibility index (Phi) is 6.87. The minimum Gasteiger partial charge on any atom is -0.480 e. The van der Waals surface area contributed by atoms with Gasteiger partial charge in [0.1, 0.15) is 23.2 Å². The van der Waals surface area contributed by atoms with Crippen molar-refractivity contribution in [2.75, 3.05) is 12.4 Å². The molecule has 0 aliphatic heterocycles. The zero-order valence-corrected chi connectivity index (χ0v) is 23.6. The number of ketones is 1. The van der Waals surface area contributed by atoms with Gasteiger partial charge >= 0.3 is 5.97 Å². The van der Waals surface area contributed by atoms with E-state index in [9.17, 15) is 14.7 Å². The van der Waals surface area contributed by atoms with E-state index in [1.165, 1.54) is 0 Å². The van der Waals surface area contributed by atoms with Gasteiger partial charge in [-0.25, -0.2) is 19.7 Å². The van der Waals surface area contributed by atoms with Gasteiger partial charge in [0.15, 0.2) is 11.4 Å². The third-order valence-corrected chi connectivity index (χ3v) is 8.74. The van der Waals surface area contributed by atoms with Gasteiger partial charge in [-0.15, -0.1) is 0 Å². The predicted molar refractivity (Wildman–Crippen MR) is 156 cm³/mol. The summed E-state index contributed by atoms with van der Waals surface area (Å²) in [6.07, 6.45) is 8.39. The molecule has 1 aromatic carbocycles. The first-order chi connectivity index (χ1) is 19.4. The minimum absolute atomic E-state index is 0.0935. The molecule has 0 bridgehead atoms. The number of hydrogen-bond acceptors (Lipinski definition) is 7. The first-order valence-corrected chi connectivity index (χ1v) is 14.2. The van der Waals surface area contributed by atoms with Crippen LogP contribution < -0.4 is 10.6 Å². The van der Waals surface area contributed by atoms with Crippen molar-refractivity contribution in [3.05, 3.63) is 76.7 Å². The Morgan fingerprint density at radius 3 is 2.55 bits per heavy atom. The van der Waals surface area contributed by atoms with Crippen molar-refractivity contribution in [1.29, 1.82) is 0 Å². The number of aliphatic carboxylic acids is 1. The number of imidazole rings is 1. The van der Waals surface area contributed by atoms with Crippen LogP contribution in [0.15, 0.2) is 71.1 Å². The first kappa shape index (κ1) is 26.2. The van der Waals surface area contributed by atoms with Crippen molar-refractivity contribution in [3.63, 3.8) is 0 Å². The van der Waals surface area contributed by atoms with E-state index < -0.39 is 17.4 Å². The molecule has 204 valence electrons. The summed E-state index contributed by atoms with van der Waals surface area (Å²) in [5.41, 5.74) is 4.25. The Morgan fingerprint density at radius 2 is 1.88 bits per heavy atom. The number of pyridine rings is 2. The number of anilines is 1. The number of carbonyl (C=O) groups excluding carboxylic acids is 1. The number of nitrogens with one attached hydrogen (secondary N) is 2. The van der Waals surface area contributed by atoms with Crippen LogP contribution in [0, 0.1) is 5.41 Å². The van der Waals surface area contributed by atoms with E-state index in [2.05, 4.69) is 36.5 Å². The zero-order chi connectivity index (χ0) is 27.9.